The molecular formula is C24H33N3O3. The number of hydrogen-bond acceptors (Lipinski definition) is 6. The summed E-state index contributed by atoms with van der Waals surface area (Å²) in [6.45, 7) is 7.25. The zero-order valence-electron chi connectivity index (χ0n) is 18.1. The van der Waals surface area contributed by atoms with E-state index in [1.165, 1.54) is 5.56 Å². The molecule has 30 heavy (non-hydrogen) atoms. The fourth-order valence-electron chi connectivity index (χ4n) is 5.10. The molecule has 0 aromatic heterocycles. The summed E-state index contributed by atoms with van der Waals surface area (Å²) in [4.78, 5) is 4.65. The molecule has 0 aliphatic carbocycles. The molecule has 2 unspecified atom stereocenters. The maximum Gasteiger partial charge on any atom is 0.184 e. The van der Waals surface area contributed by atoms with Gasteiger partial charge in [0.15, 0.2) is 6.35 Å². The van der Waals surface area contributed by atoms with Gasteiger partial charge in [0.05, 0.1) is 12.8 Å². The van der Waals surface area contributed by atoms with Crippen LogP contribution in [0.3, 0.4) is 0 Å². The molecule has 0 radical (unpaired) electrons. The van der Waals surface area contributed by atoms with Gasteiger partial charge in [-0.05, 0) is 56.5 Å². The van der Waals surface area contributed by atoms with Gasteiger partial charge in [0.1, 0.15) is 11.5 Å². The Morgan fingerprint density at radius 1 is 1.07 bits per heavy atom. The molecule has 1 spiro atoms. The van der Waals surface area contributed by atoms with Crippen molar-refractivity contribution in [2.75, 3.05) is 32.1 Å². The zero-order valence-corrected chi connectivity index (χ0v) is 18.1. The average molecular weight is 412 g/mol. The second-order valence-electron chi connectivity index (χ2n) is 8.88. The van der Waals surface area contributed by atoms with Gasteiger partial charge in [0.2, 0.25) is 0 Å². The van der Waals surface area contributed by atoms with Gasteiger partial charge < -0.3 is 20.3 Å². The van der Waals surface area contributed by atoms with Crippen molar-refractivity contribution in [3.05, 3.63) is 54.1 Å². The SMILES string of the molecule is COc1ccccc1NC(O)N1CCC2(CC1)CN(C(C)C)C2c1ccc(O)cc1. The number of ether oxygens (including phenoxy) is 1. The van der Waals surface area contributed by atoms with Crippen molar-refractivity contribution in [2.45, 2.75) is 45.1 Å². The quantitative estimate of drug-likeness (QED) is 0.631. The number of piperidine rings is 1. The molecule has 0 bridgehead atoms. The van der Waals surface area contributed by atoms with Crippen LogP contribution in [-0.4, -0.2) is 59.2 Å². The topological polar surface area (TPSA) is 68.2 Å². The van der Waals surface area contributed by atoms with Crippen LogP contribution in [0.4, 0.5) is 5.69 Å². The van der Waals surface area contributed by atoms with Gasteiger partial charge in [-0.25, -0.2) is 0 Å². The number of aliphatic hydroxyl groups excluding tert-OH is 1. The summed E-state index contributed by atoms with van der Waals surface area (Å²) in [6, 6.07) is 16.2. The molecular weight excluding hydrogens is 378 g/mol. The standard InChI is InChI=1S/C24H33N3O3/c1-17(2)27-16-24(22(27)18-8-10-19(28)11-9-18)12-14-26(15-13-24)23(29)25-20-6-4-5-7-21(20)30-3/h4-11,17,22-23,25,28-29H,12-16H2,1-3H3. The molecule has 2 aliphatic heterocycles. The van der Waals surface area contributed by atoms with E-state index in [1.54, 1.807) is 19.2 Å². The first-order valence-corrected chi connectivity index (χ1v) is 10.8. The monoisotopic (exact) mass is 411 g/mol. The predicted molar refractivity (Wildman–Crippen MR) is 119 cm³/mol. The Labute approximate surface area is 179 Å². The van der Waals surface area contributed by atoms with Crippen molar-refractivity contribution < 1.29 is 14.9 Å². The second-order valence-corrected chi connectivity index (χ2v) is 8.88. The van der Waals surface area contributed by atoms with Crippen molar-refractivity contribution in [3.63, 3.8) is 0 Å². The van der Waals surface area contributed by atoms with Crippen molar-refractivity contribution in [1.29, 1.82) is 0 Å². The van der Waals surface area contributed by atoms with Crippen LogP contribution in [0.15, 0.2) is 48.5 Å². The van der Waals surface area contributed by atoms with Crippen LogP contribution in [0, 0.1) is 5.41 Å². The Hall–Kier alpha value is -2.28. The summed E-state index contributed by atoms with van der Waals surface area (Å²) < 4.78 is 5.38. The first-order valence-electron chi connectivity index (χ1n) is 10.8. The van der Waals surface area contributed by atoms with Crippen LogP contribution in [0.1, 0.15) is 38.3 Å². The first-order chi connectivity index (χ1) is 14.4. The Kier molecular flexibility index (Phi) is 5.91. The normalized spacial score (nSPS) is 22.6. The molecule has 2 aromatic rings. The first kappa shape index (κ1) is 21.0. The maximum atomic E-state index is 10.8. The highest BCUT2D eigenvalue weighted by atomic mass is 16.5. The van der Waals surface area contributed by atoms with E-state index in [-0.39, 0.29) is 5.41 Å². The average Bonchev–Trinajstić information content (AvgIpc) is 2.74. The van der Waals surface area contributed by atoms with Crippen molar-refractivity contribution in [1.82, 2.24) is 9.80 Å². The molecule has 0 amide bonds. The third kappa shape index (κ3) is 3.87. The Morgan fingerprint density at radius 3 is 2.37 bits per heavy atom. The predicted octanol–water partition coefficient (Wildman–Crippen LogP) is 3.64. The van der Waals surface area contributed by atoms with Gasteiger partial charge in [0.25, 0.3) is 0 Å². The van der Waals surface area contributed by atoms with E-state index in [9.17, 15) is 10.2 Å². The number of nitrogens with zero attached hydrogens (tertiary/aromatic N) is 2. The van der Waals surface area contributed by atoms with E-state index >= 15 is 0 Å². The van der Waals surface area contributed by atoms with Crippen LogP contribution in [0.2, 0.25) is 0 Å². The lowest BCUT2D eigenvalue weighted by Crippen LogP contribution is -2.64. The van der Waals surface area contributed by atoms with Gasteiger partial charge in [-0.15, -0.1) is 0 Å². The number of aromatic hydroxyl groups is 1. The molecule has 2 atom stereocenters. The molecule has 6 heteroatoms. The number of para-hydroxylation sites is 2. The van der Waals surface area contributed by atoms with Gasteiger partial charge in [-0.2, -0.15) is 0 Å². The lowest BCUT2D eigenvalue weighted by atomic mass is 9.62. The number of hydrogen-bond donors (Lipinski definition) is 3. The van der Waals surface area contributed by atoms with Crippen LogP contribution in [0.5, 0.6) is 11.5 Å². The Morgan fingerprint density at radius 2 is 1.73 bits per heavy atom. The van der Waals surface area contributed by atoms with Gasteiger partial charge in [-0.3, -0.25) is 9.80 Å². The molecule has 0 saturated carbocycles. The van der Waals surface area contributed by atoms with Crippen molar-refractivity contribution in [3.8, 4) is 11.5 Å². The molecule has 2 aliphatic rings. The molecule has 3 N–H and O–H groups in total. The number of anilines is 1. The number of methoxy groups -OCH3 is 1. The number of aliphatic hydroxyl groups is 1. The largest absolute Gasteiger partial charge is 0.508 e. The van der Waals surface area contributed by atoms with Crippen molar-refractivity contribution >= 4 is 5.69 Å². The minimum atomic E-state index is -0.743. The van der Waals surface area contributed by atoms with Gasteiger partial charge >= 0.3 is 0 Å². The lowest BCUT2D eigenvalue weighted by molar-refractivity contribution is -0.140. The molecule has 2 heterocycles. The van der Waals surface area contributed by atoms with Crippen LogP contribution >= 0.6 is 0 Å². The number of nitrogens with one attached hydrogen (secondary N) is 1. The Bertz CT molecular complexity index is 847. The summed E-state index contributed by atoms with van der Waals surface area (Å²) in [5.41, 5.74) is 2.29. The van der Waals surface area contributed by atoms with Gasteiger partial charge in [0, 0.05) is 37.1 Å². The summed E-state index contributed by atoms with van der Waals surface area (Å²) in [7, 11) is 1.64. The van der Waals surface area contributed by atoms with Crippen LogP contribution in [-0.2, 0) is 0 Å². The van der Waals surface area contributed by atoms with Gasteiger partial charge in [-0.1, -0.05) is 24.3 Å². The number of phenolic OH excluding ortho intramolecular Hbond substituents is 1. The van der Waals surface area contributed by atoms with E-state index in [1.807, 2.05) is 24.3 Å². The minimum absolute atomic E-state index is 0.224. The summed E-state index contributed by atoms with van der Waals surface area (Å²) >= 11 is 0. The Balaban J connectivity index is 1.44. The number of benzene rings is 2. The highest BCUT2D eigenvalue weighted by Gasteiger charge is 2.54. The van der Waals surface area contributed by atoms with Crippen LogP contribution < -0.4 is 10.1 Å². The molecule has 6 nitrogen and oxygen atoms in total. The number of phenols is 1. The molecule has 2 fully saturated rings. The summed E-state index contributed by atoms with van der Waals surface area (Å²) in [6.07, 6.45) is 1.32. The van der Waals surface area contributed by atoms with Crippen LogP contribution in [0.25, 0.3) is 0 Å². The highest BCUT2D eigenvalue weighted by Crippen LogP contribution is 2.55. The fourth-order valence-corrected chi connectivity index (χ4v) is 5.10. The molecule has 2 saturated heterocycles. The third-order valence-electron chi connectivity index (χ3n) is 6.81. The van der Waals surface area contributed by atoms with E-state index in [2.05, 4.69) is 41.1 Å². The molecule has 4 rings (SSSR count). The molecule has 162 valence electrons. The summed E-state index contributed by atoms with van der Waals surface area (Å²) in [5, 5.41) is 23.7. The van der Waals surface area contributed by atoms with E-state index in [4.69, 9.17) is 4.74 Å². The number of rotatable bonds is 6. The van der Waals surface area contributed by atoms with Crippen molar-refractivity contribution in [2.24, 2.45) is 5.41 Å². The summed E-state index contributed by atoms with van der Waals surface area (Å²) in [5.74, 6) is 1.03. The minimum Gasteiger partial charge on any atom is -0.508 e. The van der Waals surface area contributed by atoms with E-state index < -0.39 is 6.35 Å². The smallest absolute Gasteiger partial charge is 0.184 e. The van der Waals surface area contributed by atoms with E-state index in [0.29, 0.717) is 17.8 Å². The lowest BCUT2D eigenvalue weighted by Gasteiger charge is -2.62. The second kappa shape index (κ2) is 8.46. The maximum absolute atomic E-state index is 10.8. The van der Waals surface area contributed by atoms with E-state index in [0.717, 1.165) is 43.9 Å². The fraction of sp³-hybridized carbons (Fsp3) is 0.500. The number of likely N-dealkylation sites (tertiary alicyclic amines) is 2. The highest BCUT2D eigenvalue weighted by molar-refractivity contribution is 5.56. The molecule has 2 aromatic carbocycles. The third-order valence-corrected chi connectivity index (χ3v) is 6.81. The zero-order chi connectivity index (χ0) is 21.3.